The highest BCUT2D eigenvalue weighted by molar-refractivity contribution is 5.36. The monoisotopic (exact) mass is 233 g/mol. The molecule has 0 saturated heterocycles. The van der Waals surface area contributed by atoms with Gasteiger partial charge in [-0.15, -0.1) is 0 Å². The van der Waals surface area contributed by atoms with Crippen molar-refractivity contribution in [1.82, 2.24) is 9.97 Å². The maximum Gasteiger partial charge on any atom is 0.295 e. The number of rotatable bonds is 3. The largest absolute Gasteiger partial charge is 0.497 e. The van der Waals surface area contributed by atoms with Crippen molar-refractivity contribution in [3.8, 4) is 17.2 Å². The van der Waals surface area contributed by atoms with Gasteiger partial charge in [0.25, 0.3) is 5.56 Å². The molecule has 0 aliphatic carbocycles. The Hall–Kier alpha value is -2.50. The molecule has 0 atom stereocenters. The van der Waals surface area contributed by atoms with Gasteiger partial charge in [-0.1, -0.05) is 6.07 Å². The Labute approximate surface area is 97.0 Å². The number of benzene rings is 1. The number of H-pyrrole nitrogens is 1. The highest BCUT2D eigenvalue weighted by atomic mass is 16.5. The molecule has 2 rings (SSSR count). The van der Waals surface area contributed by atoms with E-state index in [0.29, 0.717) is 11.5 Å². The lowest BCUT2D eigenvalue weighted by Gasteiger charge is -2.06. The van der Waals surface area contributed by atoms with Crippen molar-refractivity contribution < 1.29 is 9.47 Å². The smallest absolute Gasteiger partial charge is 0.295 e. The average Bonchev–Trinajstić information content (AvgIpc) is 2.33. The summed E-state index contributed by atoms with van der Waals surface area (Å²) in [6.45, 7) is 0. The molecule has 1 heterocycles. The molecular weight excluding hydrogens is 222 g/mol. The molecule has 0 spiro atoms. The first-order valence-electron chi connectivity index (χ1n) is 4.86. The highest BCUT2D eigenvalue weighted by Crippen LogP contribution is 2.22. The quantitative estimate of drug-likeness (QED) is 0.830. The van der Waals surface area contributed by atoms with Crippen LogP contribution in [0.1, 0.15) is 0 Å². The molecule has 3 N–H and O–H groups in total. The molecular formula is C11H11N3O3. The minimum absolute atomic E-state index is 0.0491. The summed E-state index contributed by atoms with van der Waals surface area (Å²) in [5, 5.41) is 0. The van der Waals surface area contributed by atoms with Gasteiger partial charge in [0, 0.05) is 6.07 Å². The molecule has 0 radical (unpaired) electrons. The van der Waals surface area contributed by atoms with Gasteiger partial charge in [-0.3, -0.25) is 9.78 Å². The number of nitrogens with one attached hydrogen (secondary N) is 1. The van der Waals surface area contributed by atoms with Crippen LogP contribution in [0.3, 0.4) is 0 Å². The normalized spacial score (nSPS) is 9.94. The zero-order valence-electron chi connectivity index (χ0n) is 9.14. The number of hydrogen-bond donors (Lipinski definition) is 2. The van der Waals surface area contributed by atoms with E-state index in [1.807, 2.05) is 0 Å². The first-order chi connectivity index (χ1) is 8.19. The number of aromatic nitrogens is 2. The molecule has 0 saturated carbocycles. The number of ether oxygens (including phenoxy) is 2. The maximum absolute atomic E-state index is 11.5. The summed E-state index contributed by atoms with van der Waals surface area (Å²) < 4.78 is 10.4. The lowest BCUT2D eigenvalue weighted by atomic mass is 10.3. The molecule has 2 aromatic rings. The highest BCUT2D eigenvalue weighted by Gasteiger charge is 2.04. The zero-order chi connectivity index (χ0) is 12.3. The molecule has 0 aliphatic heterocycles. The van der Waals surface area contributed by atoms with Gasteiger partial charge in [0.1, 0.15) is 11.5 Å². The van der Waals surface area contributed by atoms with E-state index < -0.39 is 5.56 Å². The SMILES string of the molecule is COc1cccc(Oc2cnc(N)[nH]c2=O)c1. The number of aromatic amines is 1. The number of methoxy groups -OCH3 is 1. The minimum Gasteiger partial charge on any atom is -0.497 e. The van der Waals surface area contributed by atoms with E-state index in [9.17, 15) is 4.79 Å². The van der Waals surface area contributed by atoms with Gasteiger partial charge in [-0.05, 0) is 12.1 Å². The molecule has 17 heavy (non-hydrogen) atoms. The molecule has 1 aromatic heterocycles. The van der Waals surface area contributed by atoms with Crippen molar-refractivity contribution in [1.29, 1.82) is 0 Å². The number of hydrogen-bond acceptors (Lipinski definition) is 5. The summed E-state index contributed by atoms with van der Waals surface area (Å²) in [7, 11) is 1.55. The molecule has 6 heteroatoms. The summed E-state index contributed by atoms with van der Waals surface area (Å²) in [6.07, 6.45) is 1.27. The van der Waals surface area contributed by atoms with Crippen LogP contribution in [0.15, 0.2) is 35.3 Å². The maximum atomic E-state index is 11.5. The number of nitrogens with two attached hydrogens (primary N) is 1. The van der Waals surface area contributed by atoms with Crippen LogP contribution in [0.2, 0.25) is 0 Å². The standard InChI is InChI=1S/C11H11N3O3/c1-16-7-3-2-4-8(5-7)17-9-6-13-11(12)14-10(9)15/h2-6H,1H3,(H3,12,13,14,15). The fourth-order valence-corrected chi connectivity index (χ4v) is 1.26. The fraction of sp³-hybridized carbons (Fsp3) is 0.0909. The first kappa shape index (κ1) is 11.0. The van der Waals surface area contributed by atoms with E-state index in [2.05, 4.69) is 9.97 Å². The van der Waals surface area contributed by atoms with Crippen LogP contribution in [0.25, 0.3) is 0 Å². The van der Waals surface area contributed by atoms with Crippen LogP contribution in [-0.2, 0) is 0 Å². The van der Waals surface area contributed by atoms with Gasteiger partial charge >= 0.3 is 0 Å². The Balaban J connectivity index is 2.28. The van der Waals surface area contributed by atoms with Gasteiger partial charge in [-0.2, -0.15) is 0 Å². The van der Waals surface area contributed by atoms with Crippen molar-refractivity contribution in [3.63, 3.8) is 0 Å². The van der Waals surface area contributed by atoms with Crippen LogP contribution in [0.4, 0.5) is 5.95 Å². The van der Waals surface area contributed by atoms with E-state index in [-0.39, 0.29) is 11.7 Å². The Kier molecular flexibility index (Phi) is 2.95. The van der Waals surface area contributed by atoms with Crippen LogP contribution < -0.4 is 20.8 Å². The predicted molar refractivity (Wildman–Crippen MR) is 62.3 cm³/mol. The summed E-state index contributed by atoms with van der Waals surface area (Å²) in [6, 6.07) is 6.90. The van der Waals surface area contributed by atoms with E-state index in [1.165, 1.54) is 6.20 Å². The summed E-state index contributed by atoms with van der Waals surface area (Å²) in [5.74, 6) is 1.25. The van der Waals surface area contributed by atoms with Crippen molar-refractivity contribution in [2.24, 2.45) is 0 Å². The van der Waals surface area contributed by atoms with Gasteiger partial charge in [0.05, 0.1) is 13.3 Å². The van der Waals surface area contributed by atoms with Crippen LogP contribution >= 0.6 is 0 Å². The van der Waals surface area contributed by atoms with E-state index in [1.54, 1.807) is 31.4 Å². The molecule has 1 aromatic carbocycles. The van der Waals surface area contributed by atoms with Crippen LogP contribution in [0.5, 0.6) is 17.2 Å². The number of anilines is 1. The van der Waals surface area contributed by atoms with E-state index in [0.717, 1.165) is 0 Å². The second-order valence-corrected chi connectivity index (χ2v) is 3.24. The van der Waals surface area contributed by atoms with Gasteiger partial charge in [0.15, 0.2) is 5.95 Å². The second-order valence-electron chi connectivity index (χ2n) is 3.24. The van der Waals surface area contributed by atoms with Crippen LogP contribution in [0, 0.1) is 0 Å². The molecule has 0 bridgehead atoms. The third-order valence-electron chi connectivity index (χ3n) is 2.06. The first-order valence-corrected chi connectivity index (χ1v) is 4.86. The summed E-state index contributed by atoms with van der Waals surface area (Å²) in [5.41, 5.74) is 4.89. The number of nitrogens with zero attached hydrogens (tertiary/aromatic N) is 1. The molecule has 88 valence electrons. The van der Waals surface area contributed by atoms with Crippen molar-refractivity contribution in [3.05, 3.63) is 40.8 Å². The Bertz CT molecular complexity index is 580. The summed E-state index contributed by atoms with van der Waals surface area (Å²) in [4.78, 5) is 17.6. The third-order valence-corrected chi connectivity index (χ3v) is 2.06. The van der Waals surface area contributed by atoms with E-state index in [4.69, 9.17) is 15.2 Å². The average molecular weight is 233 g/mol. The van der Waals surface area contributed by atoms with E-state index >= 15 is 0 Å². The minimum atomic E-state index is -0.430. The Morgan fingerprint density at radius 1 is 1.35 bits per heavy atom. The molecule has 0 amide bonds. The molecule has 6 nitrogen and oxygen atoms in total. The Morgan fingerprint density at radius 3 is 2.82 bits per heavy atom. The van der Waals surface area contributed by atoms with Gasteiger partial charge in [-0.25, -0.2) is 4.98 Å². The summed E-state index contributed by atoms with van der Waals surface area (Å²) >= 11 is 0. The molecule has 0 aliphatic rings. The molecule has 0 fully saturated rings. The lowest BCUT2D eigenvalue weighted by Crippen LogP contribution is -2.12. The Morgan fingerprint density at radius 2 is 2.12 bits per heavy atom. The van der Waals surface area contributed by atoms with Gasteiger partial charge < -0.3 is 15.2 Å². The zero-order valence-corrected chi connectivity index (χ0v) is 9.14. The topological polar surface area (TPSA) is 90.2 Å². The fourth-order valence-electron chi connectivity index (χ4n) is 1.26. The molecule has 0 unspecified atom stereocenters. The van der Waals surface area contributed by atoms with Gasteiger partial charge in [0.2, 0.25) is 5.75 Å². The second kappa shape index (κ2) is 4.56. The van der Waals surface area contributed by atoms with Crippen molar-refractivity contribution >= 4 is 5.95 Å². The van der Waals surface area contributed by atoms with Crippen molar-refractivity contribution in [2.75, 3.05) is 12.8 Å². The van der Waals surface area contributed by atoms with Crippen molar-refractivity contribution in [2.45, 2.75) is 0 Å². The predicted octanol–water partition coefficient (Wildman–Crippen LogP) is 1.15. The third kappa shape index (κ3) is 2.54. The number of nitrogen functional groups attached to an aromatic ring is 1. The van der Waals surface area contributed by atoms with Crippen LogP contribution in [-0.4, -0.2) is 17.1 Å². The lowest BCUT2D eigenvalue weighted by molar-refractivity contribution is 0.408.